The van der Waals surface area contributed by atoms with Crippen molar-refractivity contribution in [2.24, 2.45) is 5.92 Å². The van der Waals surface area contributed by atoms with Crippen LogP contribution in [-0.2, 0) is 6.54 Å². The van der Waals surface area contributed by atoms with Crippen LogP contribution in [0.1, 0.15) is 12.8 Å². The Morgan fingerprint density at radius 3 is 2.64 bits per heavy atom. The van der Waals surface area contributed by atoms with Gasteiger partial charge in [-0.2, -0.15) is 5.10 Å². The van der Waals surface area contributed by atoms with Crippen molar-refractivity contribution in [3.63, 3.8) is 0 Å². The number of likely N-dealkylation sites (tertiary alicyclic amines) is 1. The number of halogens is 1. The van der Waals surface area contributed by atoms with E-state index in [9.17, 15) is 9.18 Å². The van der Waals surface area contributed by atoms with Crippen molar-refractivity contribution in [2.75, 3.05) is 18.4 Å². The third kappa shape index (κ3) is 3.63. The molecule has 1 saturated heterocycles. The predicted molar refractivity (Wildman–Crippen MR) is 81.9 cm³/mol. The summed E-state index contributed by atoms with van der Waals surface area (Å²) in [7, 11) is 0. The Morgan fingerprint density at radius 2 is 2.00 bits per heavy atom. The van der Waals surface area contributed by atoms with Crippen molar-refractivity contribution in [2.45, 2.75) is 19.4 Å². The van der Waals surface area contributed by atoms with Gasteiger partial charge in [0.25, 0.3) is 0 Å². The number of anilines is 1. The lowest BCUT2D eigenvalue weighted by Crippen LogP contribution is -2.41. The van der Waals surface area contributed by atoms with E-state index in [1.807, 2.05) is 21.8 Å². The van der Waals surface area contributed by atoms with E-state index in [1.54, 1.807) is 18.3 Å². The summed E-state index contributed by atoms with van der Waals surface area (Å²) in [5.74, 6) is 0.243. The summed E-state index contributed by atoms with van der Waals surface area (Å²) >= 11 is 0. The second kappa shape index (κ2) is 6.60. The monoisotopic (exact) mass is 302 g/mol. The molecule has 22 heavy (non-hydrogen) atoms. The van der Waals surface area contributed by atoms with Gasteiger partial charge in [0.15, 0.2) is 0 Å². The van der Waals surface area contributed by atoms with E-state index < -0.39 is 0 Å². The van der Waals surface area contributed by atoms with Gasteiger partial charge >= 0.3 is 6.03 Å². The average molecular weight is 302 g/mol. The third-order valence-electron chi connectivity index (χ3n) is 4.00. The van der Waals surface area contributed by atoms with Crippen LogP contribution in [0, 0.1) is 11.7 Å². The highest BCUT2D eigenvalue weighted by atomic mass is 19.1. The molecule has 2 aromatic rings. The molecule has 1 aliphatic heterocycles. The summed E-state index contributed by atoms with van der Waals surface area (Å²) in [6.45, 7) is 2.37. The number of urea groups is 1. The molecular formula is C16H19FN4O. The summed E-state index contributed by atoms with van der Waals surface area (Å²) in [6.07, 6.45) is 5.69. The molecule has 1 fully saturated rings. The molecule has 6 heteroatoms. The normalized spacial score (nSPS) is 15.8. The van der Waals surface area contributed by atoms with E-state index in [2.05, 4.69) is 10.4 Å². The molecule has 0 saturated carbocycles. The van der Waals surface area contributed by atoms with E-state index in [0.717, 1.165) is 32.5 Å². The highest BCUT2D eigenvalue weighted by Gasteiger charge is 2.23. The Balaban J connectivity index is 1.48. The number of piperidine rings is 1. The first-order valence-electron chi connectivity index (χ1n) is 7.49. The molecule has 0 unspecified atom stereocenters. The number of benzene rings is 1. The van der Waals surface area contributed by atoms with Gasteiger partial charge in [-0.3, -0.25) is 4.68 Å². The van der Waals surface area contributed by atoms with Crippen molar-refractivity contribution in [3.05, 3.63) is 48.5 Å². The number of nitrogens with zero attached hydrogens (tertiary/aromatic N) is 3. The molecule has 0 radical (unpaired) electrons. The number of carbonyl (C=O) groups excluding carboxylic acids is 1. The van der Waals surface area contributed by atoms with Gasteiger partial charge in [0.1, 0.15) is 5.82 Å². The molecule has 2 amide bonds. The van der Waals surface area contributed by atoms with Crippen LogP contribution in [0.2, 0.25) is 0 Å². The fourth-order valence-electron chi connectivity index (χ4n) is 2.73. The SMILES string of the molecule is O=C(Nc1ccc(F)cc1)N1CCC(Cn2cccn2)CC1. The molecule has 116 valence electrons. The van der Waals surface area contributed by atoms with Crippen molar-refractivity contribution < 1.29 is 9.18 Å². The second-order valence-electron chi connectivity index (χ2n) is 5.60. The van der Waals surface area contributed by atoms with Crippen LogP contribution in [0.5, 0.6) is 0 Å². The van der Waals surface area contributed by atoms with Gasteiger partial charge in [-0.1, -0.05) is 0 Å². The van der Waals surface area contributed by atoms with Gasteiger partial charge in [-0.15, -0.1) is 0 Å². The summed E-state index contributed by atoms with van der Waals surface area (Å²) in [5.41, 5.74) is 0.616. The quantitative estimate of drug-likeness (QED) is 0.947. The maximum Gasteiger partial charge on any atom is 0.321 e. The van der Waals surface area contributed by atoms with E-state index >= 15 is 0 Å². The van der Waals surface area contributed by atoms with Crippen LogP contribution in [-0.4, -0.2) is 33.8 Å². The van der Waals surface area contributed by atoms with Gasteiger partial charge in [0.05, 0.1) is 0 Å². The first-order valence-corrected chi connectivity index (χ1v) is 7.49. The van der Waals surface area contributed by atoms with Crippen LogP contribution in [0.4, 0.5) is 14.9 Å². The summed E-state index contributed by atoms with van der Waals surface area (Å²) in [5, 5.41) is 7.02. The molecule has 1 aromatic heterocycles. The molecule has 0 atom stereocenters. The first kappa shape index (κ1) is 14.6. The average Bonchev–Trinajstić information content (AvgIpc) is 3.03. The fraction of sp³-hybridized carbons (Fsp3) is 0.375. The van der Waals surface area contributed by atoms with Crippen molar-refractivity contribution in [3.8, 4) is 0 Å². The molecule has 3 rings (SSSR count). The Bertz CT molecular complexity index is 604. The number of hydrogen-bond acceptors (Lipinski definition) is 2. The van der Waals surface area contributed by atoms with Crippen LogP contribution in [0.3, 0.4) is 0 Å². The minimum atomic E-state index is -0.308. The second-order valence-corrected chi connectivity index (χ2v) is 5.60. The van der Waals surface area contributed by atoms with Crippen molar-refractivity contribution >= 4 is 11.7 Å². The minimum Gasteiger partial charge on any atom is -0.325 e. The zero-order valence-corrected chi connectivity index (χ0v) is 12.3. The van der Waals surface area contributed by atoms with E-state index in [-0.39, 0.29) is 11.8 Å². The number of carbonyl (C=O) groups is 1. The summed E-state index contributed by atoms with van der Waals surface area (Å²) in [4.78, 5) is 14.0. The van der Waals surface area contributed by atoms with Gasteiger partial charge in [-0.05, 0) is 49.1 Å². The van der Waals surface area contributed by atoms with Gasteiger partial charge in [0.2, 0.25) is 0 Å². The molecular weight excluding hydrogens is 283 g/mol. The lowest BCUT2D eigenvalue weighted by atomic mass is 9.97. The van der Waals surface area contributed by atoms with Crippen LogP contribution in [0.15, 0.2) is 42.7 Å². The maximum atomic E-state index is 12.8. The minimum absolute atomic E-state index is 0.121. The first-order chi connectivity index (χ1) is 10.7. The number of nitrogens with one attached hydrogen (secondary N) is 1. The summed E-state index contributed by atoms with van der Waals surface area (Å²) in [6, 6.07) is 7.61. The molecule has 0 spiro atoms. The standard InChI is InChI=1S/C16H19FN4O/c17-14-2-4-15(5-3-14)19-16(22)20-10-6-13(7-11-20)12-21-9-1-8-18-21/h1-5,8-9,13H,6-7,10-12H2,(H,19,22). The Labute approximate surface area is 128 Å². The van der Waals surface area contributed by atoms with Crippen molar-refractivity contribution in [1.29, 1.82) is 0 Å². The topological polar surface area (TPSA) is 50.2 Å². The van der Waals surface area contributed by atoms with Crippen molar-refractivity contribution in [1.82, 2.24) is 14.7 Å². The van der Waals surface area contributed by atoms with Gasteiger partial charge in [-0.25, -0.2) is 9.18 Å². The smallest absolute Gasteiger partial charge is 0.321 e. The molecule has 0 bridgehead atoms. The molecule has 1 aromatic carbocycles. The van der Waals surface area contributed by atoms with E-state index in [0.29, 0.717) is 11.6 Å². The van der Waals surface area contributed by atoms with Crippen LogP contribution >= 0.6 is 0 Å². The highest BCUT2D eigenvalue weighted by molar-refractivity contribution is 5.89. The Morgan fingerprint density at radius 1 is 1.27 bits per heavy atom. The number of rotatable bonds is 3. The molecule has 2 heterocycles. The van der Waals surface area contributed by atoms with Crippen LogP contribution in [0.25, 0.3) is 0 Å². The maximum absolute atomic E-state index is 12.8. The molecule has 1 aliphatic rings. The van der Waals surface area contributed by atoms with Crippen LogP contribution < -0.4 is 5.32 Å². The Hall–Kier alpha value is -2.37. The molecule has 5 nitrogen and oxygen atoms in total. The largest absolute Gasteiger partial charge is 0.325 e. The number of amides is 2. The molecule has 0 aliphatic carbocycles. The zero-order valence-electron chi connectivity index (χ0n) is 12.3. The van der Waals surface area contributed by atoms with Gasteiger partial charge < -0.3 is 10.2 Å². The summed E-state index contributed by atoms with van der Waals surface area (Å²) < 4.78 is 14.8. The number of aromatic nitrogens is 2. The lowest BCUT2D eigenvalue weighted by Gasteiger charge is -2.32. The molecule has 1 N–H and O–H groups in total. The highest BCUT2D eigenvalue weighted by Crippen LogP contribution is 2.20. The van der Waals surface area contributed by atoms with E-state index in [4.69, 9.17) is 0 Å². The third-order valence-corrected chi connectivity index (χ3v) is 4.00. The predicted octanol–water partition coefficient (Wildman–Crippen LogP) is 2.97. The van der Waals surface area contributed by atoms with Gasteiger partial charge in [0, 0.05) is 37.7 Å². The number of hydrogen-bond donors (Lipinski definition) is 1. The van der Waals surface area contributed by atoms with E-state index in [1.165, 1.54) is 12.1 Å². The Kier molecular flexibility index (Phi) is 4.37. The zero-order chi connectivity index (χ0) is 15.4. The lowest BCUT2D eigenvalue weighted by molar-refractivity contribution is 0.175. The fourth-order valence-corrected chi connectivity index (χ4v) is 2.73.